The topological polar surface area (TPSA) is 110 Å². The van der Waals surface area contributed by atoms with Gasteiger partial charge in [-0.3, -0.25) is 19.7 Å². The van der Waals surface area contributed by atoms with E-state index in [0.29, 0.717) is 5.56 Å². The molecule has 0 unspecified atom stereocenters. The van der Waals surface area contributed by atoms with Crippen molar-refractivity contribution in [2.45, 2.75) is 19.8 Å². The molecule has 1 aromatic rings. The molecule has 0 atom stereocenters. The van der Waals surface area contributed by atoms with Gasteiger partial charge in [0, 0.05) is 17.2 Å². The second-order valence-corrected chi connectivity index (χ2v) is 4.26. The number of hydrogen-bond donors (Lipinski definition) is 2. The molecule has 0 heterocycles. The van der Waals surface area contributed by atoms with Crippen molar-refractivity contribution < 1.29 is 19.6 Å². The first-order valence-corrected chi connectivity index (χ1v) is 5.61. The Kier molecular flexibility index (Phi) is 4.57. The van der Waals surface area contributed by atoms with Crippen molar-refractivity contribution in [3.8, 4) is 0 Å². The summed E-state index contributed by atoms with van der Waals surface area (Å²) in [7, 11) is 0. The number of amides is 1. The molecule has 0 saturated carbocycles. The predicted molar refractivity (Wildman–Crippen MR) is 67.2 cm³/mol. The highest BCUT2D eigenvalue weighted by Gasteiger charge is 2.19. The zero-order valence-electron chi connectivity index (χ0n) is 10.5. The summed E-state index contributed by atoms with van der Waals surface area (Å²) in [5.74, 6) is -1.88. The van der Waals surface area contributed by atoms with Crippen molar-refractivity contribution in [1.29, 1.82) is 0 Å². The van der Waals surface area contributed by atoms with Crippen molar-refractivity contribution in [3.05, 3.63) is 39.4 Å². The van der Waals surface area contributed by atoms with E-state index in [1.165, 1.54) is 12.1 Å². The summed E-state index contributed by atoms with van der Waals surface area (Å²) in [4.78, 5) is 32.3. The average molecular weight is 266 g/mol. The fraction of sp³-hybridized carbons (Fsp3) is 0.333. The van der Waals surface area contributed by atoms with Gasteiger partial charge in [0.25, 0.3) is 11.6 Å². The molecular formula is C12H14N2O5. The molecule has 0 spiro atoms. The van der Waals surface area contributed by atoms with Crippen LogP contribution in [0.2, 0.25) is 0 Å². The predicted octanol–water partition coefficient (Wildman–Crippen LogP) is 1.53. The standard InChI is InChI=1S/C12H14N2O5/c1-7(2)9-4-3-8(5-10(9)14(18)19)12(17)13-6-11(15)16/h3-5,7H,6H2,1-2H3,(H,13,17)(H,15,16). The van der Waals surface area contributed by atoms with Crippen LogP contribution in [0.1, 0.15) is 35.7 Å². The Morgan fingerprint density at radius 1 is 1.42 bits per heavy atom. The minimum Gasteiger partial charge on any atom is -0.480 e. The van der Waals surface area contributed by atoms with Gasteiger partial charge >= 0.3 is 5.97 Å². The lowest BCUT2D eigenvalue weighted by Gasteiger charge is -2.08. The summed E-state index contributed by atoms with van der Waals surface area (Å²) in [5.41, 5.74) is 0.454. The average Bonchev–Trinajstić information content (AvgIpc) is 2.34. The molecule has 19 heavy (non-hydrogen) atoms. The lowest BCUT2D eigenvalue weighted by molar-refractivity contribution is -0.385. The van der Waals surface area contributed by atoms with Crippen molar-refractivity contribution in [2.75, 3.05) is 6.54 Å². The molecule has 1 amide bonds. The lowest BCUT2D eigenvalue weighted by atomic mass is 9.99. The maximum Gasteiger partial charge on any atom is 0.322 e. The van der Waals surface area contributed by atoms with Crippen LogP contribution < -0.4 is 5.32 Å². The molecule has 1 aromatic carbocycles. The highest BCUT2D eigenvalue weighted by Crippen LogP contribution is 2.27. The van der Waals surface area contributed by atoms with E-state index in [4.69, 9.17) is 5.11 Å². The van der Waals surface area contributed by atoms with Crippen LogP contribution in [-0.2, 0) is 4.79 Å². The molecule has 0 aliphatic carbocycles. The number of hydrogen-bond acceptors (Lipinski definition) is 4. The van der Waals surface area contributed by atoms with Gasteiger partial charge in [-0.2, -0.15) is 0 Å². The molecule has 0 bridgehead atoms. The number of aliphatic carboxylic acids is 1. The number of nitro groups is 1. The molecule has 102 valence electrons. The van der Waals surface area contributed by atoms with E-state index >= 15 is 0 Å². The first-order valence-electron chi connectivity index (χ1n) is 5.61. The van der Waals surface area contributed by atoms with Gasteiger partial charge in [-0.25, -0.2) is 0 Å². The largest absolute Gasteiger partial charge is 0.480 e. The summed E-state index contributed by atoms with van der Waals surface area (Å²) in [6, 6.07) is 4.12. The molecule has 0 aliphatic heterocycles. The third-order valence-corrected chi connectivity index (χ3v) is 2.51. The maximum atomic E-state index is 11.6. The van der Waals surface area contributed by atoms with Crippen LogP contribution in [-0.4, -0.2) is 28.5 Å². The van der Waals surface area contributed by atoms with Gasteiger partial charge in [0.05, 0.1) is 4.92 Å². The smallest absolute Gasteiger partial charge is 0.322 e. The summed E-state index contributed by atoms with van der Waals surface area (Å²) in [6.45, 7) is 3.09. The van der Waals surface area contributed by atoms with Crippen LogP contribution in [0.25, 0.3) is 0 Å². The van der Waals surface area contributed by atoms with E-state index in [9.17, 15) is 19.7 Å². The second kappa shape index (κ2) is 5.94. The van der Waals surface area contributed by atoms with Crippen molar-refractivity contribution in [3.63, 3.8) is 0 Å². The first-order chi connectivity index (χ1) is 8.82. The minimum absolute atomic E-state index is 0.0449. The van der Waals surface area contributed by atoms with Gasteiger partial charge in [-0.15, -0.1) is 0 Å². The zero-order chi connectivity index (χ0) is 14.6. The number of nitrogens with one attached hydrogen (secondary N) is 1. The summed E-state index contributed by atoms with van der Waals surface area (Å²) >= 11 is 0. The zero-order valence-corrected chi connectivity index (χ0v) is 10.5. The Labute approximate surface area is 109 Å². The quantitative estimate of drug-likeness (QED) is 0.620. The van der Waals surface area contributed by atoms with Crippen LogP contribution in [0.3, 0.4) is 0 Å². The van der Waals surface area contributed by atoms with Gasteiger partial charge in [-0.1, -0.05) is 19.9 Å². The molecule has 2 N–H and O–H groups in total. The van der Waals surface area contributed by atoms with Crippen LogP contribution >= 0.6 is 0 Å². The van der Waals surface area contributed by atoms with Crippen LogP contribution in [0, 0.1) is 10.1 Å². The molecule has 7 heteroatoms. The van der Waals surface area contributed by atoms with Gasteiger partial charge in [0.1, 0.15) is 6.54 Å². The van der Waals surface area contributed by atoms with Crippen LogP contribution in [0.4, 0.5) is 5.69 Å². The minimum atomic E-state index is -1.18. The monoisotopic (exact) mass is 266 g/mol. The summed E-state index contributed by atoms with van der Waals surface area (Å²) in [6.07, 6.45) is 0. The van der Waals surface area contributed by atoms with Crippen LogP contribution in [0.15, 0.2) is 18.2 Å². The molecule has 0 radical (unpaired) electrons. The Balaban J connectivity index is 3.05. The molecule has 0 saturated heterocycles. The molecule has 0 fully saturated rings. The highest BCUT2D eigenvalue weighted by atomic mass is 16.6. The maximum absolute atomic E-state index is 11.6. The molecule has 0 aliphatic rings. The third-order valence-electron chi connectivity index (χ3n) is 2.51. The van der Waals surface area contributed by atoms with E-state index in [1.807, 2.05) is 13.8 Å². The first kappa shape index (κ1) is 14.6. The number of carbonyl (C=O) groups is 2. The van der Waals surface area contributed by atoms with E-state index in [2.05, 4.69) is 5.32 Å². The number of benzene rings is 1. The van der Waals surface area contributed by atoms with E-state index in [1.54, 1.807) is 0 Å². The van der Waals surface area contributed by atoms with Crippen molar-refractivity contribution in [2.24, 2.45) is 0 Å². The van der Waals surface area contributed by atoms with E-state index in [-0.39, 0.29) is 17.2 Å². The molecule has 7 nitrogen and oxygen atoms in total. The Bertz CT molecular complexity index is 525. The van der Waals surface area contributed by atoms with E-state index < -0.39 is 23.3 Å². The van der Waals surface area contributed by atoms with Crippen LogP contribution in [0.5, 0.6) is 0 Å². The number of carbonyl (C=O) groups excluding carboxylic acids is 1. The lowest BCUT2D eigenvalue weighted by Crippen LogP contribution is -2.29. The van der Waals surface area contributed by atoms with Crippen molar-refractivity contribution in [1.82, 2.24) is 5.32 Å². The second-order valence-electron chi connectivity index (χ2n) is 4.26. The summed E-state index contributed by atoms with van der Waals surface area (Å²) < 4.78 is 0. The van der Waals surface area contributed by atoms with Gasteiger partial charge in [-0.05, 0) is 12.0 Å². The summed E-state index contributed by atoms with van der Waals surface area (Å²) in [5, 5.41) is 21.5. The Morgan fingerprint density at radius 2 is 2.05 bits per heavy atom. The van der Waals surface area contributed by atoms with E-state index in [0.717, 1.165) is 6.07 Å². The number of carboxylic acids is 1. The van der Waals surface area contributed by atoms with Gasteiger partial charge in [0.15, 0.2) is 0 Å². The van der Waals surface area contributed by atoms with Gasteiger partial charge < -0.3 is 10.4 Å². The molecular weight excluding hydrogens is 252 g/mol. The number of carboxylic acid groups (broad SMARTS) is 1. The normalized spacial score (nSPS) is 10.3. The number of nitrogens with zero attached hydrogens (tertiary/aromatic N) is 1. The number of rotatable bonds is 5. The SMILES string of the molecule is CC(C)c1ccc(C(=O)NCC(=O)O)cc1[N+](=O)[O-]. The number of nitro benzene ring substituents is 1. The van der Waals surface area contributed by atoms with Gasteiger partial charge in [0.2, 0.25) is 0 Å². The third kappa shape index (κ3) is 3.77. The highest BCUT2D eigenvalue weighted by molar-refractivity contribution is 5.96. The molecule has 1 rings (SSSR count). The fourth-order valence-electron chi connectivity index (χ4n) is 1.59. The van der Waals surface area contributed by atoms with Crippen molar-refractivity contribution >= 4 is 17.6 Å². The Morgan fingerprint density at radius 3 is 2.53 bits per heavy atom. The molecule has 0 aromatic heterocycles. The fourth-order valence-corrected chi connectivity index (χ4v) is 1.59. The Hall–Kier alpha value is -2.44.